The molecule has 1 unspecified atom stereocenters. The molecule has 0 bridgehead atoms. The highest BCUT2D eigenvalue weighted by molar-refractivity contribution is 7.47. The number of amides is 1. The first-order valence-corrected chi connectivity index (χ1v) is 11.2. The molecule has 2 rings (SSSR count). The summed E-state index contributed by atoms with van der Waals surface area (Å²) in [5.74, 6) is -1.62. The Morgan fingerprint density at radius 2 is 1.52 bits per heavy atom. The van der Waals surface area contributed by atoms with Crippen LogP contribution in [0.25, 0.3) is 0 Å². The lowest BCUT2D eigenvalue weighted by Gasteiger charge is -2.44. The number of esters is 1. The highest BCUT2D eigenvalue weighted by Crippen LogP contribution is 2.49. The molecule has 0 aromatic heterocycles. The molecule has 1 amide bonds. The van der Waals surface area contributed by atoms with Gasteiger partial charge in [-0.2, -0.15) is 0 Å². The van der Waals surface area contributed by atoms with Gasteiger partial charge in [0.15, 0.2) is 18.7 Å². The van der Waals surface area contributed by atoms with E-state index in [1.165, 1.54) is 0 Å². The third-order valence-corrected chi connectivity index (χ3v) is 5.84. The number of rotatable bonds is 8. The maximum Gasteiger partial charge on any atom is 0.475 e. The van der Waals surface area contributed by atoms with Gasteiger partial charge in [0.1, 0.15) is 42.7 Å². The predicted molar refractivity (Wildman–Crippen MR) is 101 cm³/mol. The molecule has 2 aliphatic heterocycles. The number of nitrogens with one attached hydrogen (secondary N) is 1. The average molecular weight is 505 g/mol. The van der Waals surface area contributed by atoms with Crippen LogP contribution >= 0.6 is 7.82 Å². The van der Waals surface area contributed by atoms with Crippen molar-refractivity contribution in [3.8, 4) is 0 Å². The Balaban J connectivity index is 2.27. The quantitative estimate of drug-likeness (QED) is 0.114. The molecule has 0 aromatic carbocycles. The Morgan fingerprint density at radius 1 is 0.909 bits per heavy atom. The van der Waals surface area contributed by atoms with E-state index >= 15 is 0 Å². The summed E-state index contributed by atoms with van der Waals surface area (Å²) < 4.78 is 37.5. The standard InChI is InChI=1S/C16H28NO15P/c1-5(20)17-9-14(28-6(2)21)13(8(4-19)29-15(9)25)31-33(26,27)32-16-12(24)11(23)10(22)7(3-18)30-16/h7-16,18-19,22-25H,3-4H2,1-2H3,(H,17,20)(H,26,27)/t7-,8-,9-,10+,11+,12-,13-,14-,15-,16-/m1/s1. The van der Waals surface area contributed by atoms with E-state index in [9.17, 15) is 49.7 Å². The van der Waals surface area contributed by atoms with Gasteiger partial charge in [-0.15, -0.1) is 0 Å². The largest absolute Gasteiger partial charge is 0.475 e. The van der Waals surface area contributed by atoms with Crippen LogP contribution in [0, 0.1) is 0 Å². The first-order chi connectivity index (χ1) is 15.3. The zero-order chi connectivity index (χ0) is 25.1. The van der Waals surface area contributed by atoms with E-state index in [1.54, 1.807) is 0 Å². The van der Waals surface area contributed by atoms with Crippen LogP contribution in [0.15, 0.2) is 0 Å². The van der Waals surface area contributed by atoms with Crippen LogP contribution in [0.2, 0.25) is 0 Å². The van der Waals surface area contributed by atoms with Crippen molar-refractivity contribution in [1.29, 1.82) is 0 Å². The number of hydrogen-bond acceptors (Lipinski definition) is 14. The normalized spacial score (nSPS) is 41.1. The number of carbonyl (C=O) groups is 2. The smallest absolute Gasteiger partial charge is 0.457 e. The lowest BCUT2D eigenvalue weighted by Crippen LogP contribution is -2.65. The summed E-state index contributed by atoms with van der Waals surface area (Å²) in [6.45, 7) is 0.312. The minimum atomic E-state index is -5.30. The molecule has 11 atom stereocenters. The van der Waals surface area contributed by atoms with Crippen molar-refractivity contribution < 1.29 is 72.9 Å². The second kappa shape index (κ2) is 11.4. The first kappa shape index (κ1) is 28.0. The van der Waals surface area contributed by atoms with Gasteiger partial charge in [0, 0.05) is 13.8 Å². The van der Waals surface area contributed by atoms with Crippen molar-refractivity contribution in [3.05, 3.63) is 0 Å². The fourth-order valence-electron chi connectivity index (χ4n) is 3.38. The van der Waals surface area contributed by atoms with Crippen LogP contribution in [-0.2, 0) is 37.4 Å². The molecular weight excluding hydrogens is 477 g/mol. The van der Waals surface area contributed by atoms with Crippen molar-refractivity contribution >= 4 is 19.7 Å². The van der Waals surface area contributed by atoms with Gasteiger partial charge in [0.2, 0.25) is 5.91 Å². The monoisotopic (exact) mass is 505 g/mol. The average Bonchev–Trinajstić information content (AvgIpc) is 2.72. The number of carbonyl (C=O) groups excluding carboxylic acids is 2. The third kappa shape index (κ3) is 6.88. The van der Waals surface area contributed by atoms with Gasteiger partial charge in [-0.25, -0.2) is 4.57 Å². The molecule has 0 saturated carbocycles. The minimum absolute atomic E-state index is 0.689. The molecule has 0 spiro atoms. The molecule has 2 aliphatic rings. The summed E-state index contributed by atoms with van der Waals surface area (Å²) in [5.41, 5.74) is 0. The van der Waals surface area contributed by atoms with E-state index in [4.69, 9.17) is 23.3 Å². The van der Waals surface area contributed by atoms with Crippen LogP contribution in [0.1, 0.15) is 13.8 Å². The molecule has 0 radical (unpaired) electrons. The topological polar surface area (TPSA) is 251 Å². The Hall–Kier alpha value is -1.27. The van der Waals surface area contributed by atoms with Gasteiger partial charge in [-0.1, -0.05) is 0 Å². The van der Waals surface area contributed by atoms with Gasteiger partial charge in [-0.3, -0.25) is 18.6 Å². The number of phosphoric ester groups is 1. The van der Waals surface area contributed by atoms with Crippen molar-refractivity contribution in [2.75, 3.05) is 13.2 Å². The fourth-order valence-corrected chi connectivity index (χ4v) is 4.43. The van der Waals surface area contributed by atoms with Crippen LogP contribution < -0.4 is 5.32 Å². The van der Waals surface area contributed by atoms with Crippen LogP contribution in [0.3, 0.4) is 0 Å². The van der Waals surface area contributed by atoms with Crippen molar-refractivity contribution in [2.24, 2.45) is 0 Å². The number of phosphoric acid groups is 1. The van der Waals surface area contributed by atoms with Crippen molar-refractivity contribution in [2.45, 2.75) is 75.2 Å². The predicted octanol–water partition coefficient (Wildman–Crippen LogP) is -4.57. The van der Waals surface area contributed by atoms with Gasteiger partial charge in [-0.05, 0) is 0 Å². The third-order valence-electron chi connectivity index (χ3n) is 4.86. The number of ether oxygens (including phenoxy) is 3. The molecule has 2 heterocycles. The molecule has 0 aromatic rings. The summed E-state index contributed by atoms with van der Waals surface area (Å²) in [6.07, 6.45) is -16.0. The van der Waals surface area contributed by atoms with Gasteiger partial charge in [0.05, 0.1) is 13.2 Å². The molecule has 0 aliphatic carbocycles. The summed E-state index contributed by atoms with van der Waals surface area (Å²) in [5, 5.41) is 60.7. The van der Waals surface area contributed by atoms with Crippen molar-refractivity contribution in [1.82, 2.24) is 5.32 Å². The maximum absolute atomic E-state index is 12.7. The summed E-state index contributed by atoms with van der Waals surface area (Å²) in [7, 11) is -5.30. The van der Waals surface area contributed by atoms with Crippen LogP contribution in [0.4, 0.5) is 0 Å². The first-order valence-electron chi connectivity index (χ1n) is 9.70. The highest BCUT2D eigenvalue weighted by Gasteiger charge is 2.53. The second-order valence-corrected chi connectivity index (χ2v) is 8.75. The van der Waals surface area contributed by atoms with Crippen LogP contribution in [-0.4, -0.2) is 122 Å². The lowest BCUT2D eigenvalue weighted by atomic mass is 9.96. The van der Waals surface area contributed by atoms with E-state index in [-0.39, 0.29) is 0 Å². The minimum Gasteiger partial charge on any atom is -0.457 e. The van der Waals surface area contributed by atoms with E-state index in [0.29, 0.717) is 0 Å². The summed E-state index contributed by atoms with van der Waals surface area (Å²) in [6, 6.07) is -1.48. The number of aliphatic hydroxyl groups is 6. The molecule has 16 nitrogen and oxygen atoms in total. The van der Waals surface area contributed by atoms with E-state index in [2.05, 4.69) is 5.32 Å². The second-order valence-electron chi connectivity index (χ2n) is 7.39. The van der Waals surface area contributed by atoms with E-state index < -0.39 is 94.3 Å². The molecule has 2 fully saturated rings. The lowest BCUT2D eigenvalue weighted by molar-refractivity contribution is -0.285. The highest BCUT2D eigenvalue weighted by atomic mass is 31.2. The summed E-state index contributed by atoms with van der Waals surface area (Å²) >= 11 is 0. The van der Waals surface area contributed by atoms with Gasteiger partial charge >= 0.3 is 13.8 Å². The Labute approximate surface area is 187 Å². The summed E-state index contributed by atoms with van der Waals surface area (Å²) in [4.78, 5) is 33.3. The SMILES string of the molecule is CC(=O)N[C@@H]1[C@@H](OC(C)=O)[C@H](OP(=O)(O)O[C@H]2O[C@H](CO)[C@H](O)[C@H](O)[C@H]2O)[C@@H](CO)O[C@H]1O. The fraction of sp³-hybridized carbons (Fsp3) is 0.875. The van der Waals surface area contributed by atoms with E-state index in [1.807, 2.05) is 0 Å². The maximum atomic E-state index is 12.7. The number of hydrogen-bond donors (Lipinski definition) is 8. The van der Waals surface area contributed by atoms with Crippen molar-refractivity contribution in [3.63, 3.8) is 0 Å². The molecule has 192 valence electrons. The molecular formula is C16H28NO15P. The Bertz CT molecular complexity index is 737. The number of aliphatic hydroxyl groups excluding tert-OH is 6. The molecule has 8 N–H and O–H groups in total. The van der Waals surface area contributed by atoms with E-state index in [0.717, 1.165) is 13.8 Å². The molecule has 2 saturated heterocycles. The molecule has 33 heavy (non-hydrogen) atoms. The molecule has 17 heteroatoms. The van der Waals surface area contributed by atoms with Gasteiger partial charge in [0.25, 0.3) is 0 Å². The van der Waals surface area contributed by atoms with Crippen LogP contribution in [0.5, 0.6) is 0 Å². The Morgan fingerprint density at radius 3 is 2.03 bits per heavy atom. The van der Waals surface area contributed by atoms with Gasteiger partial charge < -0.3 is 55.1 Å². The zero-order valence-corrected chi connectivity index (χ0v) is 18.4. The Kier molecular flexibility index (Phi) is 9.70. The zero-order valence-electron chi connectivity index (χ0n) is 17.5.